The van der Waals surface area contributed by atoms with E-state index in [1.165, 1.54) is 12.8 Å². The van der Waals surface area contributed by atoms with Gasteiger partial charge in [-0.3, -0.25) is 4.90 Å². The second-order valence-corrected chi connectivity index (χ2v) is 5.19. The predicted molar refractivity (Wildman–Crippen MR) is 59.8 cm³/mol. The van der Waals surface area contributed by atoms with Crippen LogP contribution in [0, 0.1) is 0 Å². The summed E-state index contributed by atoms with van der Waals surface area (Å²) in [4.78, 5) is 2.52. The first-order valence-electron chi connectivity index (χ1n) is 6.22. The molecule has 2 rings (SSSR count). The number of ether oxygens (including phenoxy) is 1. The molecule has 1 aliphatic carbocycles. The van der Waals surface area contributed by atoms with Crippen molar-refractivity contribution in [3.63, 3.8) is 0 Å². The van der Waals surface area contributed by atoms with E-state index in [2.05, 4.69) is 18.7 Å². The molecule has 4 atom stereocenters. The summed E-state index contributed by atoms with van der Waals surface area (Å²) in [7, 11) is 0. The molecule has 0 aromatic rings. The number of nitrogens with zero attached hydrogens (tertiary/aromatic N) is 1. The molecule has 0 radical (unpaired) electrons. The Kier molecular flexibility index (Phi) is 3.65. The molecule has 2 aliphatic rings. The van der Waals surface area contributed by atoms with Gasteiger partial charge in [0.1, 0.15) is 0 Å². The minimum absolute atomic E-state index is 0.0720. The molecule has 15 heavy (non-hydrogen) atoms. The van der Waals surface area contributed by atoms with E-state index in [1.807, 2.05) is 0 Å². The fourth-order valence-electron chi connectivity index (χ4n) is 2.99. The Balaban J connectivity index is 1.91. The van der Waals surface area contributed by atoms with Crippen molar-refractivity contribution in [2.24, 2.45) is 0 Å². The first-order chi connectivity index (χ1) is 7.15. The van der Waals surface area contributed by atoms with Gasteiger partial charge in [-0.1, -0.05) is 0 Å². The molecule has 3 heteroatoms. The minimum Gasteiger partial charge on any atom is -0.393 e. The first kappa shape index (κ1) is 11.4. The van der Waals surface area contributed by atoms with E-state index in [0.29, 0.717) is 18.2 Å². The van der Waals surface area contributed by atoms with Gasteiger partial charge in [-0.2, -0.15) is 0 Å². The normalized spacial score (nSPS) is 44.2. The van der Waals surface area contributed by atoms with E-state index in [9.17, 15) is 5.11 Å². The number of rotatable bonds is 1. The van der Waals surface area contributed by atoms with Crippen molar-refractivity contribution in [3.8, 4) is 0 Å². The van der Waals surface area contributed by atoms with E-state index >= 15 is 0 Å². The summed E-state index contributed by atoms with van der Waals surface area (Å²) in [6.45, 7) is 6.34. The lowest BCUT2D eigenvalue weighted by Crippen LogP contribution is -2.51. The number of aliphatic hydroxyl groups excluding tert-OH is 1. The molecule has 1 saturated carbocycles. The second-order valence-electron chi connectivity index (χ2n) is 5.19. The van der Waals surface area contributed by atoms with Crippen LogP contribution < -0.4 is 0 Å². The SMILES string of the molecule is CC1CN(C2CCCC(O)C2)CC(C)O1. The van der Waals surface area contributed by atoms with E-state index in [1.54, 1.807) is 0 Å². The maximum atomic E-state index is 9.68. The molecule has 1 heterocycles. The monoisotopic (exact) mass is 213 g/mol. The van der Waals surface area contributed by atoms with Crippen molar-refractivity contribution in [3.05, 3.63) is 0 Å². The topological polar surface area (TPSA) is 32.7 Å². The standard InChI is InChI=1S/C12H23NO2/c1-9-7-13(8-10(2)15-9)11-4-3-5-12(14)6-11/h9-12,14H,3-8H2,1-2H3. The van der Waals surface area contributed by atoms with Gasteiger partial charge in [0.25, 0.3) is 0 Å². The molecule has 0 bridgehead atoms. The Labute approximate surface area is 92.4 Å². The average molecular weight is 213 g/mol. The van der Waals surface area contributed by atoms with Crippen LogP contribution >= 0.6 is 0 Å². The summed E-state index contributed by atoms with van der Waals surface area (Å²) in [5.41, 5.74) is 0. The van der Waals surface area contributed by atoms with Crippen LogP contribution in [0.4, 0.5) is 0 Å². The van der Waals surface area contributed by atoms with Crippen LogP contribution in [0.5, 0.6) is 0 Å². The highest BCUT2D eigenvalue weighted by molar-refractivity contribution is 4.84. The highest BCUT2D eigenvalue weighted by Gasteiger charge is 2.30. The van der Waals surface area contributed by atoms with Crippen molar-refractivity contribution < 1.29 is 9.84 Å². The first-order valence-corrected chi connectivity index (χ1v) is 6.22. The van der Waals surface area contributed by atoms with Crippen LogP contribution in [-0.4, -0.2) is 47.4 Å². The van der Waals surface area contributed by atoms with Gasteiger partial charge in [0, 0.05) is 19.1 Å². The summed E-state index contributed by atoms with van der Waals surface area (Å²) in [6, 6.07) is 0.586. The van der Waals surface area contributed by atoms with Gasteiger partial charge in [0.15, 0.2) is 0 Å². The molecule has 0 spiro atoms. The predicted octanol–water partition coefficient (Wildman–Crippen LogP) is 1.40. The Hall–Kier alpha value is -0.120. The van der Waals surface area contributed by atoms with Crippen LogP contribution in [-0.2, 0) is 4.74 Å². The average Bonchev–Trinajstić information content (AvgIpc) is 2.16. The van der Waals surface area contributed by atoms with Crippen LogP contribution in [0.15, 0.2) is 0 Å². The third kappa shape index (κ3) is 2.92. The molecule has 0 amide bonds. The summed E-state index contributed by atoms with van der Waals surface area (Å²) < 4.78 is 5.73. The maximum Gasteiger partial charge on any atom is 0.0678 e. The van der Waals surface area contributed by atoms with Crippen molar-refractivity contribution in [1.29, 1.82) is 0 Å². The fourth-order valence-corrected chi connectivity index (χ4v) is 2.99. The zero-order chi connectivity index (χ0) is 10.8. The van der Waals surface area contributed by atoms with Gasteiger partial charge in [-0.15, -0.1) is 0 Å². The molecule has 88 valence electrons. The van der Waals surface area contributed by atoms with Crippen molar-refractivity contribution in [1.82, 2.24) is 4.90 Å². The third-order valence-electron chi connectivity index (χ3n) is 3.58. The molecular weight excluding hydrogens is 190 g/mol. The molecule has 3 nitrogen and oxygen atoms in total. The van der Waals surface area contributed by atoms with E-state index in [-0.39, 0.29) is 6.10 Å². The third-order valence-corrected chi connectivity index (χ3v) is 3.58. The van der Waals surface area contributed by atoms with Crippen LogP contribution in [0.25, 0.3) is 0 Å². The molecule has 0 aromatic carbocycles. The number of aliphatic hydroxyl groups is 1. The van der Waals surface area contributed by atoms with Crippen molar-refractivity contribution in [2.45, 2.75) is 63.9 Å². The van der Waals surface area contributed by atoms with Crippen molar-refractivity contribution in [2.75, 3.05) is 13.1 Å². The van der Waals surface area contributed by atoms with E-state index in [4.69, 9.17) is 4.74 Å². The molecule has 0 aromatic heterocycles. The Morgan fingerprint density at radius 2 is 1.80 bits per heavy atom. The lowest BCUT2D eigenvalue weighted by Gasteiger charge is -2.42. The number of hydrogen-bond acceptors (Lipinski definition) is 3. The molecule has 1 N–H and O–H groups in total. The molecule has 1 aliphatic heterocycles. The lowest BCUT2D eigenvalue weighted by atomic mass is 9.91. The van der Waals surface area contributed by atoms with Gasteiger partial charge in [-0.25, -0.2) is 0 Å². The number of hydrogen-bond donors (Lipinski definition) is 1. The molecular formula is C12H23NO2. The highest BCUT2D eigenvalue weighted by Crippen LogP contribution is 2.25. The van der Waals surface area contributed by atoms with E-state index < -0.39 is 0 Å². The maximum absolute atomic E-state index is 9.68. The zero-order valence-corrected chi connectivity index (χ0v) is 9.85. The Morgan fingerprint density at radius 3 is 2.40 bits per heavy atom. The smallest absolute Gasteiger partial charge is 0.0678 e. The molecule has 1 saturated heterocycles. The second kappa shape index (κ2) is 4.81. The lowest BCUT2D eigenvalue weighted by molar-refractivity contribution is -0.0896. The molecule has 4 unspecified atom stereocenters. The summed E-state index contributed by atoms with van der Waals surface area (Å²) >= 11 is 0. The summed E-state index contributed by atoms with van der Waals surface area (Å²) in [6.07, 6.45) is 4.98. The van der Waals surface area contributed by atoms with Gasteiger partial charge in [-0.05, 0) is 39.5 Å². The van der Waals surface area contributed by atoms with Gasteiger partial charge < -0.3 is 9.84 Å². The molecule has 2 fully saturated rings. The van der Waals surface area contributed by atoms with Gasteiger partial charge in [0.2, 0.25) is 0 Å². The Morgan fingerprint density at radius 1 is 1.13 bits per heavy atom. The van der Waals surface area contributed by atoms with Crippen LogP contribution in [0.2, 0.25) is 0 Å². The Bertz CT molecular complexity index is 200. The zero-order valence-electron chi connectivity index (χ0n) is 9.85. The fraction of sp³-hybridized carbons (Fsp3) is 1.00. The van der Waals surface area contributed by atoms with Gasteiger partial charge >= 0.3 is 0 Å². The number of morpholine rings is 1. The van der Waals surface area contributed by atoms with Crippen LogP contribution in [0.3, 0.4) is 0 Å². The summed E-state index contributed by atoms with van der Waals surface area (Å²) in [5, 5.41) is 9.68. The largest absolute Gasteiger partial charge is 0.393 e. The van der Waals surface area contributed by atoms with Crippen molar-refractivity contribution >= 4 is 0 Å². The van der Waals surface area contributed by atoms with Crippen LogP contribution in [0.1, 0.15) is 39.5 Å². The van der Waals surface area contributed by atoms with E-state index in [0.717, 1.165) is 25.9 Å². The highest BCUT2D eigenvalue weighted by atomic mass is 16.5. The minimum atomic E-state index is -0.0720. The van der Waals surface area contributed by atoms with Gasteiger partial charge in [0.05, 0.1) is 18.3 Å². The summed E-state index contributed by atoms with van der Waals surface area (Å²) in [5.74, 6) is 0. The quantitative estimate of drug-likeness (QED) is 0.714.